The van der Waals surface area contributed by atoms with Gasteiger partial charge in [-0.15, -0.1) is 16.8 Å². The molecular formula is C18H24N4OS2. The molecule has 0 spiro atoms. The number of benzene rings is 1. The molecule has 0 unspecified atom stereocenters. The lowest BCUT2D eigenvalue weighted by Crippen LogP contribution is -2.23. The first-order valence-corrected chi connectivity index (χ1v) is 9.87. The van der Waals surface area contributed by atoms with E-state index in [1.807, 2.05) is 26.0 Å². The number of hydrogen-bond acceptors (Lipinski definition) is 6. The first-order valence-electron chi connectivity index (χ1n) is 8.17. The Morgan fingerprint density at radius 2 is 2.12 bits per heavy atom. The van der Waals surface area contributed by atoms with Gasteiger partial charge in [-0.25, -0.2) is 0 Å². The third kappa shape index (κ3) is 5.31. The predicted octanol–water partition coefficient (Wildman–Crippen LogP) is 4.69. The van der Waals surface area contributed by atoms with Gasteiger partial charge < -0.3 is 10.6 Å². The summed E-state index contributed by atoms with van der Waals surface area (Å²) < 4.78 is 0.767. The summed E-state index contributed by atoms with van der Waals surface area (Å²) in [5.74, 6) is 0.316. The molecule has 0 saturated heterocycles. The average Bonchev–Trinajstić information content (AvgIpc) is 3.01. The molecule has 1 heterocycles. The van der Waals surface area contributed by atoms with Gasteiger partial charge in [0.1, 0.15) is 0 Å². The Hall–Kier alpha value is -1.86. The van der Waals surface area contributed by atoms with E-state index in [4.69, 9.17) is 0 Å². The monoisotopic (exact) mass is 376 g/mol. The van der Waals surface area contributed by atoms with Gasteiger partial charge in [0.2, 0.25) is 11.0 Å². The Morgan fingerprint density at radius 1 is 1.36 bits per heavy atom. The molecule has 2 aromatic rings. The SMILES string of the molecule is C=CCNc1nnc(S[C@@H](C)C(=O)Nc2c(C)cccc2C(C)C)s1. The second-order valence-corrected chi connectivity index (χ2v) is 8.55. The molecule has 2 rings (SSSR count). The molecule has 0 radical (unpaired) electrons. The number of nitrogens with one attached hydrogen (secondary N) is 2. The number of rotatable bonds is 8. The molecule has 0 saturated carbocycles. The fraction of sp³-hybridized carbons (Fsp3) is 0.389. The van der Waals surface area contributed by atoms with Crippen LogP contribution in [-0.4, -0.2) is 27.9 Å². The zero-order valence-electron chi connectivity index (χ0n) is 15.0. The van der Waals surface area contributed by atoms with Crippen molar-refractivity contribution in [1.29, 1.82) is 0 Å². The summed E-state index contributed by atoms with van der Waals surface area (Å²) in [6.07, 6.45) is 1.76. The van der Waals surface area contributed by atoms with Crippen molar-refractivity contribution in [2.45, 2.75) is 43.2 Å². The van der Waals surface area contributed by atoms with Crippen molar-refractivity contribution in [1.82, 2.24) is 10.2 Å². The highest BCUT2D eigenvalue weighted by atomic mass is 32.2. The second-order valence-electron chi connectivity index (χ2n) is 5.99. The van der Waals surface area contributed by atoms with E-state index < -0.39 is 0 Å². The molecule has 1 aromatic heterocycles. The van der Waals surface area contributed by atoms with Crippen molar-refractivity contribution in [3.05, 3.63) is 42.0 Å². The van der Waals surface area contributed by atoms with Crippen molar-refractivity contribution in [3.63, 3.8) is 0 Å². The van der Waals surface area contributed by atoms with Crippen molar-refractivity contribution >= 4 is 39.8 Å². The fourth-order valence-electron chi connectivity index (χ4n) is 2.26. The normalized spacial score (nSPS) is 12.0. The number of nitrogens with zero attached hydrogens (tertiary/aromatic N) is 2. The van der Waals surface area contributed by atoms with Gasteiger partial charge in [-0.3, -0.25) is 4.79 Å². The summed E-state index contributed by atoms with van der Waals surface area (Å²) in [5, 5.41) is 14.8. The molecule has 7 heteroatoms. The summed E-state index contributed by atoms with van der Waals surface area (Å²) in [6, 6.07) is 6.10. The minimum absolute atomic E-state index is 0.0306. The number of para-hydroxylation sites is 1. The van der Waals surface area contributed by atoms with Gasteiger partial charge in [-0.1, -0.05) is 61.2 Å². The van der Waals surface area contributed by atoms with Gasteiger partial charge >= 0.3 is 0 Å². The molecule has 0 fully saturated rings. The van der Waals surface area contributed by atoms with Crippen molar-refractivity contribution in [2.75, 3.05) is 17.2 Å². The van der Waals surface area contributed by atoms with E-state index in [2.05, 4.69) is 47.3 Å². The quantitative estimate of drug-likeness (QED) is 0.517. The molecule has 1 atom stereocenters. The van der Waals surface area contributed by atoms with E-state index in [0.29, 0.717) is 12.5 Å². The molecule has 1 aromatic carbocycles. The van der Waals surface area contributed by atoms with E-state index in [9.17, 15) is 4.79 Å². The number of carbonyl (C=O) groups excluding carboxylic acids is 1. The highest BCUT2D eigenvalue weighted by Gasteiger charge is 2.19. The van der Waals surface area contributed by atoms with E-state index in [1.165, 1.54) is 23.1 Å². The lowest BCUT2D eigenvalue weighted by atomic mass is 9.98. The summed E-state index contributed by atoms with van der Waals surface area (Å²) in [5.41, 5.74) is 3.14. The summed E-state index contributed by atoms with van der Waals surface area (Å²) in [4.78, 5) is 12.6. The fourth-order valence-corrected chi connectivity index (χ4v) is 4.16. The minimum Gasteiger partial charge on any atom is -0.357 e. The van der Waals surface area contributed by atoms with Crippen LogP contribution in [0.2, 0.25) is 0 Å². The van der Waals surface area contributed by atoms with Crippen LogP contribution in [-0.2, 0) is 4.79 Å². The molecule has 1 amide bonds. The highest BCUT2D eigenvalue weighted by Crippen LogP contribution is 2.31. The maximum Gasteiger partial charge on any atom is 0.237 e. The van der Waals surface area contributed by atoms with E-state index in [1.54, 1.807) is 6.08 Å². The number of hydrogen-bond donors (Lipinski definition) is 2. The van der Waals surface area contributed by atoms with E-state index in [-0.39, 0.29) is 11.2 Å². The Bertz CT molecular complexity index is 742. The first-order chi connectivity index (χ1) is 11.9. The van der Waals surface area contributed by atoms with Crippen LogP contribution in [0.5, 0.6) is 0 Å². The van der Waals surface area contributed by atoms with Crippen LogP contribution < -0.4 is 10.6 Å². The summed E-state index contributed by atoms with van der Waals surface area (Å²) in [6.45, 7) is 12.4. The van der Waals surface area contributed by atoms with Gasteiger partial charge in [0, 0.05) is 12.2 Å². The molecular weight excluding hydrogens is 352 g/mol. The van der Waals surface area contributed by atoms with Crippen molar-refractivity contribution in [3.8, 4) is 0 Å². The summed E-state index contributed by atoms with van der Waals surface area (Å²) in [7, 11) is 0. The van der Waals surface area contributed by atoms with Crippen molar-refractivity contribution < 1.29 is 4.79 Å². The van der Waals surface area contributed by atoms with Gasteiger partial charge in [-0.2, -0.15) is 0 Å². The molecule has 2 N–H and O–H groups in total. The van der Waals surface area contributed by atoms with Gasteiger partial charge in [0.15, 0.2) is 4.34 Å². The van der Waals surface area contributed by atoms with Gasteiger partial charge in [0.25, 0.3) is 0 Å². The molecule has 0 bridgehead atoms. The lowest BCUT2D eigenvalue weighted by molar-refractivity contribution is -0.115. The molecule has 0 aliphatic rings. The number of aromatic nitrogens is 2. The van der Waals surface area contributed by atoms with E-state index in [0.717, 1.165) is 26.3 Å². The van der Waals surface area contributed by atoms with Crippen LogP contribution in [0.3, 0.4) is 0 Å². The Kier molecular flexibility index (Phi) is 7.01. The van der Waals surface area contributed by atoms with Gasteiger partial charge in [0.05, 0.1) is 5.25 Å². The van der Waals surface area contributed by atoms with E-state index >= 15 is 0 Å². The van der Waals surface area contributed by atoms with Crippen LogP contribution in [0.4, 0.5) is 10.8 Å². The third-order valence-electron chi connectivity index (χ3n) is 3.63. The molecule has 134 valence electrons. The average molecular weight is 377 g/mol. The molecule has 0 aliphatic carbocycles. The number of amides is 1. The van der Waals surface area contributed by atoms with Gasteiger partial charge in [-0.05, 0) is 30.9 Å². The molecule has 25 heavy (non-hydrogen) atoms. The maximum absolute atomic E-state index is 12.6. The second kappa shape index (κ2) is 9.01. The highest BCUT2D eigenvalue weighted by molar-refractivity contribution is 8.02. The van der Waals surface area contributed by atoms with Crippen LogP contribution in [0.1, 0.15) is 37.8 Å². The number of anilines is 2. The zero-order chi connectivity index (χ0) is 18.4. The Labute approximate surface area is 157 Å². The van der Waals surface area contributed by atoms with Crippen LogP contribution in [0.25, 0.3) is 0 Å². The molecule has 0 aliphatic heterocycles. The zero-order valence-corrected chi connectivity index (χ0v) is 16.6. The van der Waals surface area contributed by atoms with Crippen LogP contribution in [0.15, 0.2) is 35.2 Å². The lowest BCUT2D eigenvalue weighted by Gasteiger charge is -2.18. The van der Waals surface area contributed by atoms with Crippen molar-refractivity contribution in [2.24, 2.45) is 0 Å². The number of carbonyl (C=O) groups is 1. The topological polar surface area (TPSA) is 66.9 Å². The van der Waals surface area contributed by atoms with Crippen LogP contribution in [0, 0.1) is 6.92 Å². The first kappa shape index (κ1) is 19.5. The Morgan fingerprint density at radius 3 is 2.80 bits per heavy atom. The smallest absolute Gasteiger partial charge is 0.237 e. The third-order valence-corrected chi connectivity index (χ3v) is 5.69. The van der Waals surface area contributed by atoms with Crippen LogP contribution >= 0.6 is 23.1 Å². The minimum atomic E-state index is -0.264. The summed E-state index contributed by atoms with van der Waals surface area (Å²) >= 11 is 2.85. The standard InChI is InChI=1S/C18H24N4OS2/c1-6-10-19-17-21-22-18(25-17)24-13(5)16(23)20-15-12(4)8-7-9-14(15)11(2)3/h6-9,11,13H,1,10H2,2-5H3,(H,19,21)(H,20,23)/t13-/m0/s1. The number of thioether (sulfide) groups is 1. The number of aryl methyl sites for hydroxylation is 1. The maximum atomic E-state index is 12.6. The molecule has 5 nitrogen and oxygen atoms in total. The largest absolute Gasteiger partial charge is 0.357 e. The predicted molar refractivity (Wildman–Crippen MR) is 108 cm³/mol. The Balaban J connectivity index is 2.03.